The Kier molecular flexibility index (Phi) is 6.11. The molecule has 8 nitrogen and oxygen atoms in total. The van der Waals surface area contributed by atoms with Crippen LogP contribution >= 0.6 is 11.3 Å². The Hall–Kier alpha value is -2.37. The Labute approximate surface area is 178 Å². The lowest BCUT2D eigenvalue weighted by Gasteiger charge is -2.36. The zero-order valence-corrected chi connectivity index (χ0v) is 17.5. The molecule has 1 fully saturated rings. The third-order valence-electron chi connectivity index (χ3n) is 5.29. The first kappa shape index (κ1) is 20.9. The summed E-state index contributed by atoms with van der Waals surface area (Å²) in [6.45, 7) is 4.46. The molecule has 2 unspecified atom stereocenters. The van der Waals surface area contributed by atoms with E-state index in [0.29, 0.717) is 17.1 Å². The summed E-state index contributed by atoms with van der Waals surface area (Å²) >= 11 is 1.70. The molecule has 0 radical (unpaired) electrons. The number of thiazole rings is 1. The molecular weight excluding hydrogens is 405 g/mol. The van der Waals surface area contributed by atoms with Gasteiger partial charge in [0.25, 0.3) is 0 Å². The highest BCUT2D eigenvalue weighted by Gasteiger charge is 2.30. The summed E-state index contributed by atoms with van der Waals surface area (Å²) < 4.78 is 15.0. The number of anilines is 2. The van der Waals surface area contributed by atoms with Crippen LogP contribution in [-0.4, -0.2) is 43.9 Å². The fourth-order valence-electron chi connectivity index (χ4n) is 3.70. The van der Waals surface area contributed by atoms with Gasteiger partial charge in [0, 0.05) is 48.6 Å². The maximum absolute atomic E-state index is 13.2. The van der Waals surface area contributed by atoms with Crippen molar-refractivity contribution in [2.24, 2.45) is 11.5 Å². The van der Waals surface area contributed by atoms with E-state index < -0.39 is 6.23 Å². The lowest BCUT2D eigenvalue weighted by molar-refractivity contribution is 0.145. The van der Waals surface area contributed by atoms with E-state index in [1.54, 1.807) is 34.3 Å². The number of piperidine rings is 1. The first-order valence-corrected chi connectivity index (χ1v) is 10.6. The van der Waals surface area contributed by atoms with E-state index >= 15 is 0 Å². The van der Waals surface area contributed by atoms with Crippen molar-refractivity contribution in [2.45, 2.75) is 38.2 Å². The quantitative estimate of drug-likeness (QED) is 0.442. The minimum absolute atomic E-state index is 0.0611. The highest BCUT2D eigenvalue weighted by Crippen LogP contribution is 2.28. The second kappa shape index (κ2) is 8.78. The molecular formula is C20H26FN7OS. The summed E-state index contributed by atoms with van der Waals surface area (Å²) in [5.74, 6) is 0.105. The van der Waals surface area contributed by atoms with Gasteiger partial charge in [0.1, 0.15) is 12.0 Å². The first-order valence-electron chi connectivity index (χ1n) is 9.83. The van der Waals surface area contributed by atoms with Crippen LogP contribution in [0.1, 0.15) is 34.1 Å². The molecule has 1 aromatic carbocycles. The molecule has 0 amide bonds. The van der Waals surface area contributed by atoms with Crippen LogP contribution in [0.15, 0.2) is 36.7 Å². The van der Waals surface area contributed by atoms with E-state index in [9.17, 15) is 9.50 Å². The highest BCUT2D eigenvalue weighted by atomic mass is 32.1. The van der Waals surface area contributed by atoms with Crippen LogP contribution in [0, 0.1) is 12.7 Å². The van der Waals surface area contributed by atoms with Crippen LogP contribution in [0.2, 0.25) is 0 Å². The zero-order chi connectivity index (χ0) is 21.3. The van der Waals surface area contributed by atoms with Crippen LogP contribution in [0.5, 0.6) is 0 Å². The fourth-order valence-corrected chi connectivity index (χ4v) is 4.53. The molecule has 0 bridgehead atoms. The van der Waals surface area contributed by atoms with Crippen LogP contribution in [0.3, 0.4) is 0 Å². The Bertz CT molecular complexity index is 987. The van der Waals surface area contributed by atoms with Crippen molar-refractivity contribution in [3.8, 4) is 0 Å². The zero-order valence-electron chi connectivity index (χ0n) is 16.7. The van der Waals surface area contributed by atoms with Gasteiger partial charge in [-0.05, 0) is 37.6 Å². The van der Waals surface area contributed by atoms with Crippen molar-refractivity contribution in [3.05, 3.63) is 57.9 Å². The molecule has 3 heterocycles. The highest BCUT2D eigenvalue weighted by molar-refractivity contribution is 7.11. The van der Waals surface area contributed by atoms with E-state index in [-0.39, 0.29) is 17.9 Å². The summed E-state index contributed by atoms with van der Waals surface area (Å²) in [6, 6.07) is 5.79. The maximum atomic E-state index is 13.2. The Morgan fingerprint density at radius 3 is 2.80 bits per heavy atom. The number of nitrogens with two attached hydrogens (primary N) is 2. The lowest BCUT2D eigenvalue weighted by Crippen LogP contribution is -2.47. The standard InChI is InChI=1S/C20H26FN7OS/c1-12-24-8-15(30-12)9-27-7-6-17(22)18(11-27)28-10-16(19(23)29)20(26-28)25-14-4-2-13(21)3-5-14/h2-5,8,10,17-19,29H,6-7,9,11,22-23H2,1H3,(H,25,26)/t17-,18?,19?/m1/s1. The van der Waals surface area contributed by atoms with Gasteiger partial charge in [-0.25, -0.2) is 9.37 Å². The van der Waals surface area contributed by atoms with Gasteiger partial charge < -0.3 is 21.9 Å². The molecule has 1 saturated heterocycles. The molecule has 10 heteroatoms. The summed E-state index contributed by atoms with van der Waals surface area (Å²) in [5, 5.41) is 18.8. The summed E-state index contributed by atoms with van der Waals surface area (Å²) in [5.41, 5.74) is 13.3. The molecule has 4 rings (SSSR count). The predicted octanol–water partition coefficient (Wildman–Crippen LogP) is 2.25. The SMILES string of the molecule is Cc1ncc(CN2CC[C@@H](N)C(n3cc(C(N)O)c(Nc4ccc(F)cc4)n3)C2)s1. The molecule has 6 N–H and O–H groups in total. The topological polar surface area (TPSA) is 118 Å². The summed E-state index contributed by atoms with van der Waals surface area (Å²) in [7, 11) is 0. The van der Waals surface area contributed by atoms with Gasteiger partial charge in [-0.1, -0.05) is 0 Å². The van der Waals surface area contributed by atoms with Gasteiger partial charge in [-0.3, -0.25) is 9.58 Å². The van der Waals surface area contributed by atoms with E-state index in [1.807, 2.05) is 13.1 Å². The molecule has 3 atom stereocenters. The van der Waals surface area contributed by atoms with Crippen LogP contribution in [0.25, 0.3) is 0 Å². The summed E-state index contributed by atoms with van der Waals surface area (Å²) in [4.78, 5) is 7.89. The molecule has 1 aliphatic heterocycles. The number of halogens is 1. The minimum Gasteiger partial charge on any atom is -0.374 e. The number of hydrogen-bond donors (Lipinski definition) is 4. The van der Waals surface area contributed by atoms with Gasteiger partial charge in [-0.15, -0.1) is 11.3 Å². The lowest BCUT2D eigenvalue weighted by atomic mass is 10.0. The van der Waals surface area contributed by atoms with E-state index in [2.05, 4.69) is 20.3 Å². The monoisotopic (exact) mass is 431 g/mol. The third-order valence-corrected chi connectivity index (χ3v) is 6.19. The van der Waals surface area contributed by atoms with Gasteiger partial charge >= 0.3 is 0 Å². The normalized spacial score (nSPS) is 21.0. The molecule has 2 aromatic heterocycles. The van der Waals surface area contributed by atoms with Crippen molar-refractivity contribution < 1.29 is 9.50 Å². The molecule has 0 saturated carbocycles. The smallest absolute Gasteiger partial charge is 0.159 e. The Balaban J connectivity index is 1.54. The van der Waals surface area contributed by atoms with Crippen LogP contribution < -0.4 is 16.8 Å². The van der Waals surface area contributed by atoms with E-state index in [0.717, 1.165) is 31.1 Å². The Morgan fingerprint density at radius 1 is 1.37 bits per heavy atom. The number of nitrogens with zero attached hydrogens (tertiary/aromatic N) is 4. The van der Waals surface area contributed by atoms with Crippen molar-refractivity contribution >= 4 is 22.8 Å². The van der Waals surface area contributed by atoms with Gasteiger partial charge in [-0.2, -0.15) is 5.10 Å². The number of aliphatic hydroxyl groups is 1. The molecule has 0 spiro atoms. The van der Waals surface area contributed by atoms with Crippen LogP contribution in [0.4, 0.5) is 15.9 Å². The largest absolute Gasteiger partial charge is 0.374 e. The van der Waals surface area contributed by atoms with Crippen molar-refractivity contribution in [1.82, 2.24) is 19.7 Å². The van der Waals surface area contributed by atoms with Crippen molar-refractivity contribution in [2.75, 3.05) is 18.4 Å². The molecule has 160 valence electrons. The molecule has 0 aliphatic carbocycles. The number of nitrogens with one attached hydrogen (secondary N) is 1. The number of rotatable bonds is 6. The van der Waals surface area contributed by atoms with Gasteiger partial charge in [0.2, 0.25) is 0 Å². The van der Waals surface area contributed by atoms with Gasteiger partial charge in [0.15, 0.2) is 5.82 Å². The van der Waals surface area contributed by atoms with Crippen LogP contribution in [-0.2, 0) is 6.54 Å². The second-order valence-corrected chi connectivity index (χ2v) is 8.91. The maximum Gasteiger partial charge on any atom is 0.159 e. The second-order valence-electron chi connectivity index (χ2n) is 7.59. The Morgan fingerprint density at radius 2 is 2.13 bits per heavy atom. The number of likely N-dealkylation sites (tertiary alicyclic amines) is 1. The summed E-state index contributed by atoms with van der Waals surface area (Å²) in [6.07, 6.45) is 3.30. The fraction of sp³-hybridized carbons (Fsp3) is 0.400. The number of benzene rings is 1. The van der Waals surface area contributed by atoms with Crippen molar-refractivity contribution in [3.63, 3.8) is 0 Å². The average molecular weight is 432 g/mol. The third kappa shape index (κ3) is 4.68. The first-order chi connectivity index (χ1) is 14.4. The number of aliphatic hydroxyl groups excluding tert-OH is 1. The average Bonchev–Trinajstić information content (AvgIpc) is 3.31. The number of hydrogen-bond acceptors (Lipinski definition) is 8. The number of aryl methyl sites for hydroxylation is 1. The van der Waals surface area contributed by atoms with Gasteiger partial charge in [0.05, 0.1) is 16.6 Å². The molecule has 1 aliphatic rings. The van der Waals surface area contributed by atoms with E-state index in [1.165, 1.54) is 17.0 Å². The minimum atomic E-state index is -1.20. The molecule has 3 aromatic rings. The number of aromatic nitrogens is 3. The van der Waals surface area contributed by atoms with E-state index in [4.69, 9.17) is 11.5 Å². The predicted molar refractivity (Wildman–Crippen MR) is 115 cm³/mol. The van der Waals surface area contributed by atoms with Crippen molar-refractivity contribution in [1.29, 1.82) is 0 Å². The molecule has 30 heavy (non-hydrogen) atoms.